The van der Waals surface area contributed by atoms with Gasteiger partial charge in [0, 0.05) is 13.1 Å². The van der Waals surface area contributed by atoms with E-state index < -0.39 is 18.0 Å². The van der Waals surface area contributed by atoms with E-state index in [1.54, 1.807) is 4.90 Å². The van der Waals surface area contributed by atoms with Gasteiger partial charge >= 0.3 is 5.97 Å². The largest absolute Gasteiger partial charge is 0.481 e. The van der Waals surface area contributed by atoms with Crippen LogP contribution in [0.5, 0.6) is 0 Å². The molecule has 0 radical (unpaired) electrons. The maximum Gasteiger partial charge on any atom is 0.309 e. The first-order valence-electron chi connectivity index (χ1n) is 5.77. The molecule has 1 saturated heterocycles. The number of nitrogens with zero attached hydrogens (tertiary/aromatic N) is 1. The normalized spacial score (nSPS) is 23.9. The van der Waals surface area contributed by atoms with E-state index in [4.69, 9.17) is 5.11 Å². The van der Waals surface area contributed by atoms with Gasteiger partial charge in [-0.2, -0.15) is 11.3 Å². The third-order valence-corrected chi connectivity index (χ3v) is 3.92. The first-order valence-corrected chi connectivity index (χ1v) is 6.72. The summed E-state index contributed by atoms with van der Waals surface area (Å²) in [5, 5.41) is 22.4. The van der Waals surface area contributed by atoms with Gasteiger partial charge in [-0.05, 0) is 28.8 Å². The summed E-state index contributed by atoms with van der Waals surface area (Å²) in [4.78, 5) is 24.3. The zero-order valence-corrected chi connectivity index (χ0v) is 10.6. The fourth-order valence-electron chi connectivity index (χ4n) is 2.13. The molecule has 0 aliphatic carbocycles. The van der Waals surface area contributed by atoms with Crippen LogP contribution in [0.4, 0.5) is 0 Å². The fraction of sp³-hybridized carbons (Fsp3) is 0.500. The van der Waals surface area contributed by atoms with Crippen molar-refractivity contribution in [2.45, 2.75) is 18.9 Å². The maximum atomic E-state index is 12.0. The van der Waals surface area contributed by atoms with E-state index in [9.17, 15) is 14.7 Å². The molecule has 0 aromatic carbocycles. The number of carbonyl (C=O) groups excluding carboxylic acids is 1. The summed E-state index contributed by atoms with van der Waals surface area (Å²) >= 11 is 1.54. The minimum absolute atomic E-state index is 0.0590. The Bertz CT molecular complexity index is 431. The van der Waals surface area contributed by atoms with Gasteiger partial charge in [-0.25, -0.2) is 0 Å². The number of hydrogen-bond donors (Lipinski definition) is 2. The highest BCUT2D eigenvalue weighted by Gasteiger charge is 2.34. The van der Waals surface area contributed by atoms with Gasteiger partial charge in [-0.1, -0.05) is 0 Å². The zero-order chi connectivity index (χ0) is 13.1. The second-order valence-corrected chi connectivity index (χ2v) is 5.23. The van der Waals surface area contributed by atoms with Gasteiger partial charge in [0.25, 0.3) is 0 Å². The number of aliphatic hydroxyl groups excluding tert-OH is 1. The average Bonchev–Trinajstić information content (AvgIpc) is 2.81. The van der Waals surface area contributed by atoms with Gasteiger partial charge < -0.3 is 15.1 Å². The van der Waals surface area contributed by atoms with Crippen molar-refractivity contribution in [2.24, 2.45) is 5.92 Å². The van der Waals surface area contributed by atoms with E-state index in [2.05, 4.69) is 0 Å². The summed E-state index contributed by atoms with van der Waals surface area (Å²) in [5.74, 6) is -1.81. The molecular weight excluding hydrogens is 254 g/mol. The maximum absolute atomic E-state index is 12.0. The third-order valence-electron chi connectivity index (χ3n) is 3.19. The number of piperidine rings is 1. The molecule has 1 aromatic heterocycles. The Hall–Kier alpha value is -1.40. The van der Waals surface area contributed by atoms with E-state index in [1.165, 1.54) is 11.3 Å². The van der Waals surface area contributed by atoms with Gasteiger partial charge in [0.2, 0.25) is 5.91 Å². The quantitative estimate of drug-likeness (QED) is 0.841. The van der Waals surface area contributed by atoms with Crippen molar-refractivity contribution in [3.8, 4) is 0 Å². The summed E-state index contributed by atoms with van der Waals surface area (Å²) in [6.45, 7) is 0.511. The van der Waals surface area contributed by atoms with Crippen molar-refractivity contribution in [2.75, 3.05) is 13.1 Å². The number of β-amino-alcohol motifs (C(OH)–C–C–N with tert-alkyl or cyclic N) is 1. The molecule has 1 aromatic rings. The first kappa shape index (κ1) is 13.0. The molecular formula is C12H15NO4S. The molecule has 2 atom stereocenters. The lowest BCUT2D eigenvalue weighted by atomic mass is 9.94. The van der Waals surface area contributed by atoms with E-state index in [0.717, 1.165) is 5.56 Å². The molecule has 0 spiro atoms. The summed E-state index contributed by atoms with van der Waals surface area (Å²) < 4.78 is 0. The van der Waals surface area contributed by atoms with Crippen LogP contribution in [0.2, 0.25) is 0 Å². The van der Waals surface area contributed by atoms with Crippen molar-refractivity contribution < 1.29 is 19.8 Å². The summed E-state index contributed by atoms with van der Waals surface area (Å²) in [5.41, 5.74) is 0.958. The Morgan fingerprint density at radius 2 is 2.28 bits per heavy atom. The van der Waals surface area contributed by atoms with E-state index in [1.807, 2.05) is 16.8 Å². The summed E-state index contributed by atoms with van der Waals surface area (Å²) in [6.07, 6.45) is -0.345. The Labute approximate surface area is 109 Å². The van der Waals surface area contributed by atoms with Crippen LogP contribution in [0, 0.1) is 5.92 Å². The number of carboxylic acids is 1. The van der Waals surface area contributed by atoms with Crippen LogP contribution in [0.1, 0.15) is 12.0 Å². The number of aliphatic carboxylic acids is 1. The third kappa shape index (κ3) is 2.88. The van der Waals surface area contributed by atoms with Crippen LogP contribution in [0.3, 0.4) is 0 Å². The SMILES string of the molecule is O=C(O)[C@H]1CCN(C(=O)Cc2ccsc2)C[C@H]1O. The molecule has 1 aliphatic heterocycles. The van der Waals surface area contributed by atoms with Crippen LogP contribution >= 0.6 is 11.3 Å². The fourth-order valence-corrected chi connectivity index (χ4v) is 2.79. The van der Waals surface area contributed by atoms with Gasteiger partial charge in [0.05, 0.1) is 18.4 Å². The Balaban J connectivity index is 1.92. The van der Waals surface area contributed by atoms with E-state index >= 15 is 0 Å². The molecule has 1 amide bonds. The number of amides is 1. The van der Waals surface area contributed by atoms with Gasteiger partial charge in [-0.3, -0.25) is 9.59 Å². The Morgan fingerprint density at radius 1 is 1.50 bits per heavy atom. The molecule has 5 nitrogen and oxygen atoms in total. The molecule has 18 heavy (non-hydrogen) atoms. The lowest BCUT2D eigenvalue weighted by Crippen LogP contribution is -2.49. The van der Waals surface area contributed by atoms with E-state index in [-0.39, 0.29) is 12.5 Å². The highest BCUT2D eigenvalue weighted by molar-refractivity contribution is 7.07. The van der Waals surface area contributed by atoms with Crippen molar-refractivity contribution in [1.29, 1.82) is 0 Å². The topological polar surface area (TPSA) is 77.8 Å². The molecule has 0 unspecified atom stereocenters. The van der Waals surface area contributed by atoms with Crippen molar-refractivity contribution >= 4 is 23.2 Å². The van der Waals surface area contributed by atoms with Crippen LogP contribution in [-0.4, -0.2) is 46.2 Å². The van der Waals surface area contributed by atoms with Gasteiger partial charge in [0.15, 0.2) is 0 Å². The first-order chi connectivity index (χ1) is 8.58. The minimum Gasteiger partial charge on any atom is -0.481 e. The van der Waals surface area contributed by atoms with Crippen molar-refractivity contribution in [3.05, 3.63) is 22.4 Å². The van der Waals surface area contributed by atoms with Crippen LogP contribution in [0.15, 0.2) is 16.8 Å². The number of aliphatic hydroxyl groups is 1. The smallest absolute Gasteiger partial charge is 0.309 e. The van der Waals surface area contributed by atoms with Gasteiger partial charge in [0.1, 0.15) is 0 Å². The molecule has 6 heteroatoms. The number of carbonyl (C=O) groups is 2. The van der Waals surface area contributed by atoms with Crippen LogP contribution < -0.4 is 0 Å². The molecule has 1 aliphatic rings. The lowest BCUT2D eigenvalue weighted by Gasteiger charge is -2.34. The number of thiophene rings is 1. The predicted molar refractivity (Wildman–Crippen MR) is 66.4 cm³/mol. The summed E-state index contributed by atoms with van der Waals surface area (Å²) in [6, 6.07) is 1.89. The lowest BCUT2D eigenvalue weighted by molar-refractivity contribution is -0.152. The highest BCUT2D eigenvalue weighted by atomic mass is 32.1. The standard InChI is InChI=1S/C12H15NO4S/c14-10-6-13(3-1-9(10)12(16)17)11(15)5-8-2-4-18-7-8/h2,4,7,9-10,14H,1,3,5-6H2,(H,16,17)/t9-,10+/m0/s1. The van der Waals surface area contributed by atoms with Crippen LogP contribution in [0.25, 0.3) is 0 Å². The van der Waals surface area contributed by atoms with Crippen LogP contribution in [-0.2, 0) is 16.0 Å². The molecule has 98 valence electrons. The van der Waals surface area contributed by atoms with Gasteiger partial charge in [-0.15, -0.1) is 0 Å². The number of hydrogen-bond acceptors (Lipinski definition) is 4. The molecule has 2 N–H and O–H groups in total. The second kappa shape index (κ2) is 5.49. The summed E-state index contributed by atoms with van der Waals surface area (Å²) in [7, 11) is 0. The number of rotatable bonds is 3. The predicted octanol–water partition coefficient (Wildman–Crippen LogP) is 0.585. The zero-order valence-electron chi connectivity index (χ0n) is 9.78. The number of carboxylic acid groups (broad SMARTS) is 1. The molecule has 2 rings (SSSR count). The average molecular weight is 269 g/mol. The van der Waals surface area contributed by atoms with Crippen molar-refractivity contribution in [1.82, 2.24) is 4.90 Å². The second-order valence-electron chi connectivity index (χ2n) is 4.45. The van der Waals surface area contributed by atoms with Crippen molar-refractivity contribution in [3.63, 3.8) is 0 Å². The number of likely N-dealkylation sites (tertiary alicyclic amines) is 1. The Kier molecular flexibility index (Phi) is 3.98. The molecule has 0 saturated carbocycles. The molecule has 2 heterocycles. The highest BCUT2D eigenvalue weighted by Crippen LogP contribution is 2.19. The monoisotopic (exact) mass is 269 g/mol. The molecule has 1 fully saturated rings. The Morgan fingerprint density at radius 3 is 2.83 bits per heavy atom. The minimum atomic E-state index is -0.993. The van der Waals surface area contributed by atoms with E-state index in [0.29, 0.717) is 19.4 Å². The molecule has 0 bridgehead atoms.